The molecular weight excluding hydrogens is 539 g/mol. The largest absolute Gasteiger partial charge is 0.417 e. The van der Waals surface area contributed by atoms with Crippen molar-refractivity contribution in [2.45, 2.75) is 82.3 Å². The molecule has 1 aliphatic carbocycles. The summed E-state index contributed by atoms with van der Waals surface area (Å²) in [6.45, 7) is 1.15. The maximum absolute atomic E-state index is 13.7. The monoisotopic (exact) mass is 570 g/mol. The highest BCUT2D eigenvalue weighted by Crippen LogP contribution is 2.44. The van der Waals surface area contributed by atoms with Crippen LogP contribution < -0.4 is 11.1 Å². The Hall–Kier alpha value is -2.31. The number of hydrogen-bond donors (Lipinski definition) is 2. The smallest absolute Gasteiger partial charge is 0.376 e. The van der Waals surface area contributed by atoms with Gasteiger partial charge in [0, 0.05) is 25.7 Å². The van der Waals surface area contributed by atoms with Crippen molar-refractivity contribution >= 4 is 0 Å². The normalized spacial score (nSPS) is 18.2. The zero-order valence-electron chi connectivity index (χ0n) is 21.4. The SMILES string of the molecule is CO[C@H](c1ccc(C(F)(F)F)cc1CN[C@@H](C)[C@H](N)c1cccc(C(F)(F)F)c1C(F)(F)F)C1CCCCC1. The first-order chi connectivity index (χ1) is 18.1. The van der Waals surface area contributed by atoms with Crippen molar-refractivity contribution in [3.8, 4) is 0 Å². The Bertz CT molecular complexity index is 1110. The summed E-state index contributed by atoms with van der Waals surface area (Å²) in [5.41, 5.74) is 1.35. The van der Waals surface area contributed by atoms with Gasteiger partial charge in [-0.3, -0.25) is 0 Å². The Morgan fingerprint density at radius 1 is 0.872 bits per heavy atom. The van der Waals surface area contributed by atoms with E-state index in [1.807, 2.05) is 0 Å². The molecule has 39 heavy (non-hydrogen) atoms. The molecule has 12 heteroatoms. The van der Waals surface area contributed by atoms with E-state index in [0.717, 1.165) is 56.4 Å². The zero-order valence-corrected chi connectivity index (χ0v) is 21.4. The predicted molar refractivity (Wildman–Crippen MR) is 127 cm³/mol. The van der Waals surface area contributed by atoms with E-state index < -0.39 is 59.0 Å². The van der Waals surface area contributed by atoms with Crippen molar-refractivity contribution in [2.24, 2.45) is 11.7 Å². The lowest BCUT2D eigenvalue weighted by atomic mass is 9.81. The fraction of sp³-hybridized carbons (Fsp3) is 0.556. The van der Waals surface area contributed by atoms with E-state index in [1.54, 1.807) is 0 Å². The van der Waals surface area contributed by atoms with Crippen LogP contribution in [0.1, 0.15) is 84.6 Å². The minimum absolute atomic E-state index is 0.0818. The van der Waals surface area contributed by atoms with E-state index in [2.05, 4.69) is 5.32 Å². The molecule has 0 bridgehead atoms. The van der Waals surface area contributed by atoms with Gasteiger partial charge in [-0.15, -0.1) is 0 Å². The molecule has 2 aromatic carbocycles. The van der Waals surface area contributed by atoms with Crippen molar-refractivity contribution < 1.29 is 44.3 Å². The number of methoxy groups -OCH3 is 1. The van der Waals surface area contributed by atoms with Gasteiger partial charge in [-0.05, 0) is 60.6 Å². The molecule has 3 N–H and O–H groups in total. The first kappa shape index (κ1) is 31.2. The second-order valence-electron chi connectivity index (χ2n) is 9.93. The van der Waals surface area contributed by atoms with E-state index in [1.165, 1.54) is 20.1 Å². The fourth-order valence-corrected chi connectivity index (χ4v) is 5.29. The molecule has 1 aliphatic rings. The Kier molecular flexibility index (Phi) is 9.65. The molecule has 0 unspecified atom stereocenters. The van der Waals surface area contributed by atoms with Crippen LogP contribution in [0.4, 0.5) is 39.5 Å². The second-order valence-corrected chi connectivity index (χ2v) is 9.93. The summed E-state index contributed by atoms with van der Waals surface area (Å²) < 4.78 is 128. The van der Waals surface area contributed by atoms with E-state index in [9.17, 15) is 39.5 Å². The van der Waals surface area contributed by atoms with Gasteiger partial charge < -0.3 is 15.8 Å². The number of nitrogens with two attached hydrogens (primary N) is 1. The molecule has 3 nitrogen and oxygen atoms in total. The molecule has 0 heterocycles. The third kappa shape index (κ3) is 7.46. The molecular formula is C27H31F9N2O. The van der Waals surface area contributed by atoms with Gasteiger partial charge in [-0.2, -0.15) is 39.5 Å². The lowest BCUT2D eigenvalue weighted by Crippen LogP contribution is -2.38. The van der Waals surface area contributed by atoms with Crippen LogP contribution in [0.15, 0.2) is 36.4 Å². The topological polar surface area (TPSA) is 47.3 Å². The molecule has 0 amide bonds. The number of benzene rings is 2. The van der Waals surface area contributed by atoms with Crippen LogP contribution in [0, 0.1) is 5.92 Å². The van der Waals surface area contributed by atoms with Gasteiger partial charge >= 0.3 is 18.5 Å². The molecule has 2 aromatic rings. The van der Waals surface area contributed by atoms with E-state index in [0.29, 0.717) is 11.6 Å². The Morgan fingerprint density at radius 3 is 2.05 bits per heavy atom. The molecule has 0 aliphatic heterocycles. The van der Waals surface area contributed by atoms with Crippen molar-refractivity contribution in [3.05, 3.63) is 69.8 Å². The Labute approximate surface area is 220 Å². The highest BCUT2D eigenvalue weighted by molar-refractivity contribution is 5.42. The van der Waals surface area contributed by atoms with Crippen LogP contribution >= 0.6 is 0 Å². The third-order valence-corrected chi connectivity index (χ3v) is 7.31. The van der Waals surface area contributed by atoms with Crippen LogP contribution in [0.5, 0.6) is 0 Å². The predicted octanol–water partition coefficient (Wildman–Crippen LogP) is 8.19. The molecule has 3 rings (SSSR count). The van der Waals surface area contributed by atoms with Gasteiger partial charge in [0.1, 0.15) is 0 Å². The molecule has 3 atom stereocenters. The first-order valence-electron chi connectivity index (χ1n) is 12.5. The van der Waals surface area contributed by atoms with Gasteiger partial charge in [-0.1, -0.05) is 37.5 Å². The van der Waals surface area contributed by atoms with Crippen LogP contribution in [0.2, 0.25) is 0 Å². The van der Waals surface area contributed by atoms with Gasteiger partial charge in [-0.25, -0.2) is 0 Å². The minimum Gasteiger partial charge on any atom is -0.376 e. The maximum Gasteiger partial charge on any atom is 0.417 e. The van der Waals surface area contributed by atoms with E-state index in [-0.39, 0.29) is 18.0 Å². The quantitative estimate of drug-likeness (QED) is 0.315. The number of halogens is 9. The van der Waals surface area contributed by atoms with Crippen molar-refractivity contribution in [1.29, 1.82) is 0 Å². The van der Waals surface area contributed by atoms with Crippen molar-refractivity contribution in [1.82, 2.24) is 5.32 Å². The summed E-state index contributed by atoms with van der Waals surface area (Å²) >= 11 is 0. The van der Waals surface area contributed by atoms with Gasteiger partial charge in [0.2, 0.25) is 0 Å². The highest BCUT2D eigenvalue weighted by atomic mass is 19.4. The standard InChI is InChI=1S/C27H31F9N2O/c1-15(23(37)20-9-6-10-21(26(31,32)33)22(20)27(34,35)36)38-14-17-13-18(25(28,29)30)11-12-19(17)24(39-2)16-7-4-3-5-8-16/h6,9-13,15-16,23-24,38H,3-5,7-8,14,37H2,1-2H3/t15-,23-,24-/m0/s1. The summed E-state index contributed by atoms with van der Waals surface area (Å²) in [6, 6.07) is 2.74. The van der Waals surface area contributed by atoms with Crippen molar-refractivity contribution in [2.75, 3.05) is 7.11 Å². The van der Waals surface area contributed by atoms with Crippen molar-refractivity contribution in [3.63, 3.8) is 0 Å². The van der Waals surface area contributed by atoms with Gasteiger partial charge in [0.15, 0.2) is 0 Å². The first-order valence-corrected chi connectivity index (χ1v) is 12.5. The van der Waals surface area contributed by atoms with Crippen LogP contribution in [-0.4, -0.2) is 13.2 Å². The Morgan fingerprint density at radius 2 is 1.51 bits per heavy atom. The van der Waals surface area contributed by atoms with Crippen LogP contribution in [-0.2, 0) is 29.8 Å². The lowest BCUT2D eigenvalue weighted by Gasteiger charge is -2.32. The van der Waals surface area contributed by atoms with E-state index in [4.69, 9.17) is 10.5 Å². The molecule has 1 saturated carbocycles. The molecule has 0 radical (unpaired) electrons. The zero-order chi connectivity index (χ0) is 29.2. The molecule has 218 valence electrons. The second kappa shape index (κ2) is 12.1. The summed E-state index contributed by atoms with van der Waals surface area (Å²) in [7, 11) is 1.47. The average Bonchev–Trinajstić information content (AvgIpc) is 2.86. The number of rotatable bonds is 8. The van der Waals surface area contributed by atoms with Gasteiger partial charge in [0.25, 0.3) is 0 Å². The molecule has 0 aromatic heterocycles. The summed E-state index contributed by atoms with van der Waals surface area (Å²) in [4.78, 5) is 0. The molecule has 1 fully saturated rings. The lowest BCUT2D eigenvalue weighted by molar-refractivity contribution is -0.162. The Balaban J connectivity index is 1.93. The molecule has 0 spiro atoms. The van der Waals surface area contributed by atoms with Crippen LogP contribution in [0.25, 0.3) is 0 Å². The highest BCUT2D eigenvalue weighted by Gasteiger charge is 2.45. The summed E-state index contributed by atoms with van der Waals surface area (Å²) in [6.07, 6.45) is -11.1. The fourth-order valence-electron chi connectivity index (χ4n) is 5.29. The number of nitrogens with one attached hydrogen (secondary N) is 1. The number of alkyl halides is 9. The average molecular weight is 571 g/mol. The number of ether oxygens (including phenoxy) is 1. The van der Waals surface area contributed by atoms with Crippen LogP contribution in [0.3, 0.4) is 0 Å². The van der Waals surface area contributed by atoms with Gasteiger partial charge in [0.05, 0.1) is 22.8 Å². The summed E-state index contributed by atoms with van der Waals surface area (Å²) in [5.74, 6) is 0.0818. The minimum atomic E-state index is -5.33. The number of hydrogen-bond acceptors (Lipinski definition) is 3. The maximum atomic E-state index is 13.7. The van der Waals surface area contributed by atoms with E-state index >= 15 is 0 Å². The molecule has 0 saturated heterocycles. The third-order valence-electron chi connectivity index (χ3n) is 7.31. The summed E-state index contributed by atoms with van der Waals surface area (Å²) in [5, 5.41) is 2.84.